The third-order valence-corrected chi connectivity index (χ3v) is 6.71. The van der Waals surface area contributed by atoms with Crippen LogP contribution in [0.4, 0.5) is 5.13 Å². The van der Waals surface area contributed by atoms with Crippen LogP contribution in [-0.2, 0) is 0 Å². The van der Waals surface area contributed by atoms with E-state index in [1.165, 1.54) is 0 Å². The summed E-state index contributed by atoms with van der Waals surface area (Å²) in [4.78, 5) is 2.34. The van der Waals surface area contributed by atoms with Gasteiger partial charge in [0.05, 0.1) is 12.1 Å². The smallest absolute Gasteiger partial charge is 0.208 e. The highest BCUT2D eigenvalue weighted by Gasteiger charge is 2.43. The molecule has 1 saturated heterocycles. The summed E-state index contributed by atoms with van der Waals surface area (Å²) in [5, 5.41) is 25.7. The number of rotatable bonds is 3. The molecule has 134 valence electrons. The number of nitrogens with zero attached hydrogens (tertiary/aromatic N) is 5. The van der Waals surface area contributed by atoms with Crippen LogP contribution in [-0.4, -0.2) is 44.3 Å². The topological polar surface area (TPSA) is 67.1 Å². The molecule has 5 rings (SSSR count). The summed E-state index contributed by atoms with van der Waals surface area (Å²) in [6.45, 7) is 1.94. The Hall–Kier alpha value is -2.25. The zero-order valence-corrected chi connectivity index (χ0v) is 15.2. The minimum Gasteiger partial charge on any atom is -0.391 e. The molecule has 7 heteroatoms. The van der Waals surface area contributed by atoms with Crippen molar-refractivity contribution in [3.8, 4) is 10.6 Å². The summed E-state index contributed by atoms with van der Waals surface area (Å²) < 4.78 is 1.92. The van der Waals surface area contributed by atoms with Crippen molar-refractivity contribution in [2.75, 3.05) is 18.0 Å². The molecule has 3 heterocycles. The van der Waals surface area contributed by atoms with Crippen LogP contribution in [0.3, 0.4) is 0 Å². The summed E-state index contributed by atoms with van der Waals surface area (Å²) in [6, 6.07) is 12.2. The minimum absolute atomic E-state index is 0.0838. The van der Waals surface area contributed by atoms with Gasteiger partial charge in [0.25, 0.3) is 0 Å². The van der Waals surface area contributed by atoms with Crippen LogP contribution < -0.4 is 4.90 Å². The predicted octanol–water partition coefficient (Wildman–Crippen LogP) is 2.85. The Morgan fingerprint density at radius 3 is 2.58 bits per heavy atom. The second-order valence-electron chi connectivity index (χ2n) is 7.27. The molecule has 3 aromatic rings. The first-order valence-electron chi connectivity index (χ1n) is 9.09. The quantitative estimate of drug-likeness (QED) is 0.771. The second kappa shape index (κ2) is 6.48. The maximum atomic E-state index is 10.6. The van der Waals surface area contributed by atoms with Crippen LogP contribution >= 0.6 is 11.3 Å². The zero-order chi connectivity index (χ0) is 17.5. The number of fused-ring (bicyclic) bond motifs is 1. The van der Waals surface area contributed by atoms with Gasteiger partial charge in [-0.3, -0.25) is 4.68 Å². The Morgan fingerprint density at radius 2 is 1.81 bits per heavy atom. The molecule has 26 heavy (non-hydrogen) atoms. The molecule has 2 aliphatic rings. The maximum Gasteiger partial charge on any atom is 0.208 e. The normalized spacial score (nSPS) is 28.3. The van der Waals surface area contributed by atoms with Crippen LogP contribution in [0.5, 0.6) is 0 Å². The second-order valence-corrected chi connectivity index (χ2v) is 8.23. The average Bonchev–Trinajstić information content (AvgIpc) is 3.41. The van der Waals surface area contributed by atoms with Gasteiger partial charge < -0.3 is 10.0 Å². The van der Waals surface area contributed by atoms with Gasteiger partial charge in [0, 0.05) is 31.0 Å². The monoisotopic (exact) mass is 367 g/mol. The van der Waals surface area contributed by atoms with E-state index in [-0.39, 0.29) is 12.1 Å². The molecular formula is C19H21N5OS. The molecule has 1 aromatic carbocycles. The highest BCUT2D eigenvalue weighted by atomic mass is 32.1. The van der Waals surface area contributed by atoms with E-state index in [9.17, 15) is 5.11 Å². The van der Waals surface area contributed by atoms with Crippen molar-refractivity contribution in [1.29, 1.82) is 0 Å². The fourth-order valence-corrected chi connectivity index (χ4v) is 5.23. The van der Waals surface area contributed by atoms with E-state index in [1.807, 2.05) is 35.1 Å². The highest BCUT2D eigenvalue weighted by Crippen LogP contribution is 2.43. The van der Waals surface area contributed by atoms with Crippen LogP contribution in [0.25, 0.3) is 10.6 Å². The highest BCUT2D eigenvalue weighted by molar-refractivity contribution is 7.18. The number of anilines is 1. The Kier molecular flexibility index (Phi) is 3.98. The SMILES string of the molecule is O[C@@H]1C[C@H]2CN(c3nnc(-c4ccccc4)s3)C[C@H]2C[C@H]1n1cccn1. The average molecular weight is 367 g/mol. The van der Waals surface area contributed by atoms with Gasteiger partial charge in [0.15, 0.2) is 0 Å². The van der Waals surface area contributed by atoms with E-state index in [0.717, 1.165) is 41.6 Å². The summed E-state index contributed by atoms with van der Waals surface area (Å²) in [5.41, 5.74) is 1.11. The van der Waals surface area contributed by atoms with E-state index >= 15 is 0 Å². The lowest BCUT2D eigenvalue weighted by Gasteiger charge is -2.35. The predicted molar refractivity (Wildman–Crippen MR) is 101 cm³/mol. The van der Waals surface area contributed by atoms with E-state index < -0.39 is 0 Å². The first kappa shape index (κ1) is 16.0. The van der Waals surface area contributed by atoms with E-state index in [0.29, 0.717) is 11.8 Å². The maximum absolute atomic E-state index is 10.6. The van der Waals surface area contributed by atoms with E-state index in [4.69, 9.17) is 0 Å². The molecule has 1 aliphatic carbocycles. The lowest BCUT2D eigenvalue weighted by Crippen LogP contribution is -2.36. The van der Waals surface area contributed by atoms with Gasteiger partial charge in [-0.25, -0.2) is 0 Å². The van der Waals surface area contributed by atoms with Crippen molar-refractivity contribution in [2.24, 2.45) is 11.8 Å². The molecule has 0 amide bonds. The molecular weight excluding hydrogens is 346 g/mol. The number of benzene rings is 1. The minimum atomic E-state index is -0.328. The van der Waals surface area contributed by atoms with Gasteiger partial charge in [-0.1, -0.05) is 41.7 Å². The fourth-order valence-electron chi connectivity index (χ4n) is 4.37. The number of aromatic nitrogens is 4. The summed E-state index contributed by atoms with van der Waals surface area (Å²) in [7, 11) is 0. The molecule has 2 aromatic heterocycles. The van der Waals surface area contributed by atoms with Gasteiger partial charge in [0.2, 0.25) is 5.13 Å². The molecule has 4 atom stereocenters. The number of aliphatic hydroxyl groups excluding tert-OH is 1. The summed E-state index contributed by atoms with van der Waals surface area (Å²) >= 11 is 1.65. The fraction of sp³-hybridized carbons (Fsp3) is 0.421. The van der Waals surface area contributed by atoms with Crippen molar-refractivity contribution < 1.29 is 5.11 Å². The first-order valence-corrected chi connectivity index (χ1v) is 9.90. The molecule has 1 aliphatic heterocycles. The third-order valence-electron chi connectivity index (χ3n) is 5.68. The van der Waals surface area contributed by atoms with Crippen molar-refractivity contribution in [3.63, 3.8) is 0 Å². The van der Waals surface area contributed by atoms with Crippen molar-refractivity contribution >= 4 is 16.5 Å². The van der Waals surface area contributed by atoms with E-state index in [2.05, 4.69) is 32.3 Å². The number of aliphatic hydroxyl groups is 1. The molecule has 6 nitrogen and oxygen atoms in total. The largest absolute Gasteiger partial charge is 0.391 e. The molecule has 0 radical (unpaired) electrons. The summed E-state index contributed by atoms with van der Waals surface area (Å²) in [5.74, 6) is 1.08. The van der Waals surface area contributed by atoms with E-state index in [1.54, 1.807) is 17.5 Å². The van der Waals surface area contributed by atoms with Gasteiger partial charge in [-0.05, 0) is 30.7 Å². The Bertz CT molecular complexity index is 865. The summed E-state index contributed by atoms with van der Waals surface area (Å²) in [6.07, 6.45) is 5.21. The Balaban J connectivity index is 1.32. The van der Waals surface area contributed by atoms with Gasteiger partial charge in [0.1, 0.15) is 5.01 Å². The standard InChI is InChI=1S/C19H21N5OS/c25-17-10-15-12-23(11-14(15)9-16(17)24-8-4-7-20-24)19-22-21-18(26-19)13-5-2-1-3-6-13/h1-8,14-17,25H,9-12H2/t14-,15+,16-,17-/m1/s1. The molecule has 1 saturated carbocycles. The van der Waals surface area contributed by atoms with Crippen molar-refractivity contribution in [2.45, 2.75) is 25.0 Å². The van der Waals surface area contributed by atoms with Crippen LogP contribution in [0, 0.1) is 11.8 Å². The van der Waals surface area contributed by atoms with Crippen molar-refractivity contribution in [3.05, 3.63) is 48.8 Å². The molecule has 0 spiro atoms. The Labute approximate surface area is 156 Å². The van der Waals surface area contributed by atoms with Crippen LogP contribution in [0.2, 0.25) is 0 Å². The van der Waals surface area contributed by atoms with Gasteiger partial charge >= 0.3 is 0 Å². The van der Waals surface area contributed by atoms with Crippen molar-refractivity contribution in [1.82, 2.24) is 20.0 Å². The van der Waals surface area contributed by atoms with Gasteiger partial charge in [-0.15, -0.1) is 10.2 Å². The molecule has 0 unspecified atom stereocenters. The zero-order valence-electron chi connectivity index (χ0n) is 14.3. The van der Waals surface area contributed by atoms with Crippen LogP contribution in [0.1, 0.15) is 18.9 Å². The molecule has 1 N–H and O–H groups in total. The van der Waals surface area contributed by atoms with Crippen LogP contribution in [0.15, 0.2) is 48.8 Å². The lowest BCUT2D eigenvalue weighted by molar-refractivity contribution is 0.0306. The Morgan fingerprint density at radius 1 is 1.00 bits per heavy atom. The lowest BCUT2D eigenvalue weighted by atomic mass is 9.77. The van der Waals surface area contributed by atoms with Gasteiger partial charge in [-0.2, -0.15) is 5.10 Å². The third kappa shape index (κ3) is 2.81. The number of hydrogen-bond donors (Lipinski definition) is 1. The molecule has 2 fully saturated rings. The molecule has 0 bridgehead atoms. The first-order chi connectivity index (χ1) is 12.8. The number of hydrogen-bond acceptors (Lipinski definition) is 6.